The van der Waals surface area contributed by atoms with E-state index in [1.807, 2.05) is 0 Å². The largest absolute Gasteiger partial charge is 0.573 e. The molecule has 0 radical (unpaired) electrons. The van der Waals surface area contributed by atoms with E-state index in [4.69, 9.17) is 0 Å². The Balaban J connectivity index is 1.54. The minimum absolute atomic E-state index is 0.0602. The molecule has 1 aromatic carbocycles. The van der Waals surface area contributed by atoms with Gasteiger partial charge in [-0.05, 0) is 55.8 Å². The number of amides is 1. The number of carbonyl (C=O) groups excluding carboxylic acids is 1. The zero-order chi connectivity index (χ0) is 22.7. The zero-order valence-electron chi connectivity index (χ0n) is 17.4. The van der Waals surface area contributed by atoms with Gasteiger partial charge in [-0.15, -0.1) is 13.2 Å². The van der Waals surface area contributed by atoms with Crippen LogP contribution in [0, 0.1) is 0 Å². The van der Waals surface area contributed by atoms with Crippen LogP contribution < -0.4 is 20.3 Å². The van der Waals surface area contributed by atoms with Crippen LogP contribution in [0.4, 0.5) is 24.7 Å². The fraction of sp³-hybridized carbons (Fsp3) is 0.364. The minimum Gasteiger partial charge on any atom is -0.406 e. The van der Waals surface area contributed by atoms with Crippen molar-refractivity contribution in [1.82, 2.24) is 15.2 Å². The summed E-state index contributed by atoms with van der Waals surface area (Å²) in [5.41, 5.74) is 1.38. The first kappa shape index (κ1) is 21.9. The van der Waals surface area contributed by atoms with Gasteiger partial charge < -0.3 is 25.2 Å². The number of hydrogen-bond donors (Lipinski definition) is 2. The number of ether oxygens (including phenoxy) is 1. The first-order chi connectivity index (χ1) is 15.3. The number of alkyl halides is 3. The highest BCUT2D eigenvalue weighted by Gasteiger charge is 2.31. The van der Waals surface area contributed by atoms with E-state index >= 15 is 0 Å². The van der Waals surface area contributed by atoms with Crippen LogP contribution in [0.25, 0.3) is 0 Å². The van der Waals surface area contributed by atoms with Gasteiger partial charge in [0.2, 0.25) is 5.91 Å². The maximum atomic E-state index is 12.5. The third-order valence-corrected chi connectivity index (χ3v) is 5.44. The average Bonchev–Trinajstić information content (AvgIpc) is 3.25. The van der Waals surface area contributed by atoms with Crippen LogP contribution in [0.5, 0.6) is 5.75 Å². The van der Waals surface area contributed by atoms with E-state index in [2.05, 4.69) is 31.8 Å². The second-order valence-electron chi connectivity index (χ2n) is 7.78. The topological polar surface area (TPSA) is 69.7 Å². The van der Waals surface area contributed by atoms with Crippen LogP contribution >= 0.6 is 0 Å². The van der Waals surface area contributed by atoms with Crippen LogP contribution in [0.3, 0.4) is 0 Å². The molecule has 1 fully saturated rings. The SMILES string of the molecule is C=C(NC(CN1CCCC1)c1ccc(OC(F)(F)F)cc1)N1CC(=O)Nc2cccnc21. The van der Waals surface area contributed by atoms with Crippen LogP contribution in [0.1, 0.15) is 24.4 Å². The molecule has 0 bridgehead atoms. The van der Waals surface area contributed by atoms with Crippen molar-refractivity contribution in [3.63, 3.8) is 0 Å². The summed E-state index contributed by atoms with van der Waals surface area (Å²) in [5, 5.41) is 6.15. The van der Waals surface area contributed by atoms with Gasteiger partial charge in [-0.2, -0.15) is 0 Å². The number of likely N-dealkylation sites (tertiary alicyclic amines) is 1. The molecule has 7 nitrogen and oxygen atoms in total. The summed E-state index contributed by atoms with van der Waals surface area (Å²) in [6, 6.07) is 9.07. The molecular weight excluding hydrogens is 423 g/mol. The number of anilines is 2. The molecule has 3 heterocycles. The highest BCUT2D eigenvalue weighted by molar-refractivity contribution is 6.00. The first-order valence-electron chi connectivity index (χ1n) is 10.3. The second-order valence-corrected chi connectivity index (χ2v) is 7.78. The Morgan fingerprint density at radius 3 is 2.62 bits per heavy atom. The number of rotatable bonds is 7. The van der Waals surface area contributed by atoms with Crippen molar-refractivity contribution < 1.29 is 22.7 Å². The number of carbonyl (C=O) groups is 1. The molecule has 1 aromatic heterocycles. The molecule has 4 rings (SSSR count). The lowest BCUT2D eigenvalue weighted by molar-refractivity contribution is -0.274. The summed E-state index contributed by atoms with van der Waals surface area (Å²) in [4.78, 5) is 20.5. The summed E-state index contributed by atoms with van der Waals surface area (Å²) >= 11 is 0. The molecule has 170 valence electrons. The van der Waals surface area contributed by atoms with Gasteiger partial charge in [0.25, 0.3) is 0 Å². The number of nitrogens with one attached hydrogen (secondary N) is 2. The summed E-state index contributed by atoms with van der Waals surface area (Å²) in [6.45, 7) is 6.74. The van der Waals surface area contributed by atoms with E-state index in [0.29, 0.717) is 23.9 Å². The van der Waals surface area contributed by atoms with E-state index in [1.165, 1.54) is 12.1 Å². The fourth-order valence-corrected chi connectivity index (χ4v) is 3.98. The number of pyridine rings is 1. The lowest BCUT2D eigenvalue weighted by Gasteiger charge is -2.34. The third-order valence-electron chi connectivity index (χ3n) is 5.44. The number of benzene rings is 1. The van der Waals surface area contributed by atoms with Crippen molar-refractivity contribution in [2.45, 2.75) is 25.2 Å². The van der Waals surface area contributed by atoms with Crippen molar-refractivity contribution in [2.75, 3.05) is 36.4 Å². The molecular formula is C22H24F3N5O2. The van der Waals surface area contributed by atoms with E-state index in [9.17, 15) is 18.0 Å². The quantitative estimate of drug-likeness (QED) is 0.676. The highest BCUT2D eigenvalue weighted by atomic mass is 19.4. The third kappa shape index (κ3) is 5.31. The first-order valence-corrected chi connectivity index (χ1v) is 10.3. The number of aromatic nitrogens is 1. The van der Waals surface area contributed by atoms with Crippen molar-refractivity contribution >= 4 is 17.4 Å². The van der Waals surface area contributed by atoms with Gasteiger partial charge in [-0.1, -0.05) is 18.7 Å². The van der Waals surface area contributed by atoms with Gasteiger partial charge >= 0.3 is 6.36 Å². The second kappa shape index (κ2) is 9.07. The lowest BCUT2D eigenvalue weighted by atomic mass is 10.1. The van der Waals surface area contributed by atoms with Crippen LogP contribution in [0.2, 0.25) is 0 Å². The molecule has 0 aliphatic carbocycles. The van der Waals surface area contributed by atoms with Gasteiger partial charge in [0.1, 0.15) is 18.1 Å². The van der Waals surface area contributed by atoms with E-state index in [-0.39, 0.29) is 24.2 Å². The fourth-order valence-electron chi connectivity index (χ4n) is 3.98. The molecule has 2 N–H and O–H groups in total. The maximum Gasteiger partial charge on any atom is 0.573 e. The monoisotopic (exact) mass is 447 g/mol. The molecule has 2 aliphatic rings. The van der Waals surface area contributed by atoms with Crippen LogP contribution in [-0.4, -0.2) is 48.3 Å². The van der Waals surface area contributed by atoms with Gasteiger partial charge in [0, 0.05) is 12.7 Å². The predicted octanol–water partition coefficient (Wildman–Crippen LogP) is 3.64. The Bertz CT molecular complexity index is 974. The zero-order valence-corrected chi connectivity index (χ0v) is 17.4. The normalized spacial score (nSPS) is 17.5. The summed E-state index contributed by atoms with van der Waals surface area (Å²) in [6.07, 6.45) is -0.888. The van der Waals surface area contributed by atoms with Gasteiger partial charge in [-0.25, -0.2) is 4.98 Å². The Morgan fingerprint density at radius 1 is 1.22 bits per heavy atom. The predicted molar refractivity (Wildman–Crippen MR) is 114 cm³/mol. The van der Waals surface area contributed by atoms with Crippen molar-refractivity contribution in [1.29, 1.82) is 0 Å². The van der Waals surface area contributed by atoms with Gasteiger partial charge in [-0.3, -0.25) is 4.79 Å². The average molecular weight is 447 g/mol. The number of fused-ring (bicyclic) bond motifs is 1. The van der Waals surface area contributed by atoms with E-state index in [0.717, 1.165) is 31.5 Å². The Kier molecular flexibility index (Phi) is 6.22. The molecule has 1 amide bonds. The maximum absolute atomic E-state index is 12.5. The Hall–Kier alpha value is -3.27. The Labute approximate surface area is 183 Å². The lowest BCUT2D eigenvalue weighted by Crippen LogP contribution is -2.44. The Morgan fingerprint density at radius 2 is 1.94 bits per heavy atom. The molecule has 0 saturated carbocycles. The molecule has 0 spiro atoms. The number of hydrogen-bond acceptors (Lipinski definition) is 6. The molecule has 1 saturated heterocycles. The van der Waals surface area contributed by atoms with Crippen molar-refractivity contribution in [2.24, 2.45) is 0 Å². The smallest absolute Gasteiger partial charge is 0.406 e. The molecule has 10 heteroatoms. The summed E-state index contributed by atoms with van der Waals surface area (Å²) < 4.78 is 41.5. The van der Waals surface area contributed by atoms with Crippen molar-refractivity contribution in [3.05, 3.63) is 60.6 Å². The summed E-state index contributed by atoms with van der Waals surface area (Å²) in [5.74, 6) is 0.613. The summed E-state index contributed by atoms with van der Waals surface area (Å²) in [7, 11) is 0. The van der Waals surface area contributed by atoms with E-state index < -0.39 is 6.36 Å². The molecule has 2 aliphatic heterocycles. The van der Waals surface area contributed by atoms with E-state index in [1.54, 1.807) is 35.4 Å². The molecule has 1 unspecified atom stereocenters. The molecule has 1 atom stereocenters. The van der Waals surface area contributed by atoms with Crippen LogP contribution in [-0.2, 0) is 4.79 Å². The van der Waals surface area contributed by atoms with Crippen LogP contribution in [0.15, 0.2) is 55.0 Å². The standard InChI is InChI=1S/C22H24F3N5O2/c1-15(30-14-20(31)28-18-5-4-10-26-21(18)30)27-19(13-29-11-2-3-12-29)16-6-8-17(9-7-16)32-22(23,24)25/h4-10,19,27H,1-3,11-14H2,(H,28,31). The number of nitrogens with zero attached hydrogens (tertiary/aromatic N) is 3. The van der Waals surface area contributed by atoms with Gasteiger partial charge in [0.15, 0.2) is 5.82 Å². The number of halogens is 3. The highest BCUT2D eigenvalue weighted by Crippen LogP contribution is 2.30. The van der Waals surface area contributed by atoms with Gasteiger partial charge in [0.05, 0.1) is 11.7 Å². The van der Waals surface area contributed by atoms with Crippen molar-refractivity contribution in [3.8, 4) is 5.75 Å². The minimum atomic E-state index is -4.74. The molecule has 2 aromatic rings. The molecule has 32 heavy (non-hydrogen) atoms.